The van der Waals surface area contributed by atoms with E-state index in [0.29, 0.717) is 0 Å². The molecule has 7 N–H and O–H groups in total. The average Bonchev–Trinajstić information content (AvgIpc) is 2.86. The van der Waals surface area contributed by atoms with Gasteiger partial charge in [0.2, 0.25) is 5.43 Å². The minimum Gasteiger partial charge on any atom is -0.504 e. The number of carboxylic acid groups (broad SMARTS) is 2. The summed E-state index contributed by atoms with van der Waals surface area (Å²) in [7, 11) is 1.50. The van der Waals surface area contributed by atoms with Crippen molar-refractivity contribution in [1.82, 2.24) is 9.88 Å². The number of phenolic OH excluding ortho intramolecular Hbond substituents is 4. The maximum absolute atomic E-state index is 13.6. The van der Waals surface area contributed by atoms with Crippen molar-refractivity contribution < 1.29 is 49.4 Å². The number of rotatable bonds is 7. The smallest absolute Gasteiger partial charge is 0.326 e. The van der Waals surface area contributed by atoms with Gasteiger partial charge in [0.1, 0.15) is 17.9 Å². The number of aromatic hydroxyl groups is 4. The zero-order valence-corrected chi connectivity index (χ0v) is 20.0. The van der Waals surface area contributed by atoms with Gasteiger partial charge in [0.25, 0.3) is 5.91 Å². The Morgan fingerprint density at radius 2 is 1.62 bits per heavy atom. The highest BCUT2D eigenvalue weighted by Gasteiger charge is 2.28. The van der Waals surface area contributed by atoms with E-state index < -0.39 is 81.5 Å². The van der Waals surface area contributed by atoms with E-state index in [4.69, 9.17) is 9.52 Å². The number of benzene rings is 2. The van der Waals surface area contributed by atoms with Gasteiger partial charge in [0, 0.05) is 31.8 Å². The summed E-state index contributed by atoms with van der Waals surface area (Å²) in [6.07, 6.45) is 0.988. The van der Waals surface area contributed by atoms with Crippen molar-refractivity contribution in [3.8, 4) is 34.1 Å². The van der Waals surface area contributed by atoms with Crippen LogP contribution in [0.5, 0.6) is 23.0 Å². The molecule has 0 saturated heterocycles. The molecule has 0 bridgehead atoms. The molecule has 0 radical (unpaired) electrons. The molecule has 2 aromatic carbocycles. The van der Waals surface area contributed by atoms with Crippen LogP contribution in [0.15, 0.2) is 44.7 Å². The van der Waals surface area contributed by atoms with Gasteiger partial charge in [0.15, 0.2) is 28.4 Å². The third-order valence-corrected chi connectivity index (χ3v) is 6.07. The molecule has 4 aromatic rings. The first kappa shape index (κ1) is 26.5. The first-order chi connectivity index (χ1) is 18.3. The van der Waals surface area contributed by atoms with Crippen molar-refractivity contribution in [3.63, 3.8) is 0 Å². The summed E-state index contributed by atoms with van der Waals surface area (Å²) in [4.78, 5) is 62.3. The van der Waals surface area contributed by atoms with Crippen molar-refractivity contribution in [2.24, 2.45) is 7.05 Å². The second-order valence-corrected chi connectivity index (χ2v) is 8.61. The lowest BCUT2D eigenvalue weighted by molar-refractivity contribution is -0.140. The van der Waals surface area contributed by atoms with E-state index in [1.807, 2.05) is 5.32 Å². The number of aromatic nitrogens is 1. The van der Waals surface area contributed by atoms with Gasteiger partial charge in [-0.3, -0.25) is 19.2 Å². The maximum atomic E-state index is 13.6. The molecular formula is C25H20N2O12. The number of amides is 1. The van der Waals surface area contributed by atoms with Crippen molar-refractivity contribution in [3.05, 3.63) is 56.7 Å². The molecule has 0 saturated carbocycles. The van der Waals surface area contributed by atoms with Crippen LogP contribution in [0.2, 0.25) is 0 Å². The predicted molar refractivity (Wildman–Crippen MR) is 133 cm³/mol. The van der Waals surface area contributed by atoms with Gasteiger partial charge in [-0.1, -0.05) is 0 Å². The molecule has 14 nitrogen and oxygen atoms in total. The van der Waals surface area contributed by atoms with E-state index in [0.717, 1.165) is 24.5 Å². The number of carboxylic acids is 2. The van der Waals surface area contributed by atoms with Gasteiger partial charge < -0.3 is 44.9 Å². The highest BCUT2D eigenvalue weighted by atomic mass is 16.4. The third-order valence-electron chi connectivity index (χ3n) is 6.07. The summed E-state index contributed by atoms with van der Waals surface area (Å²) in [5, 5.41) is 59.8. The van der Waals surface area contributed by atoms with E-state index in [1.165, 1.54) is 17.8 Å². The molecular weight excluding hydrogens is 520 g/mol. The van der Waals surface area contributed by atoms with E-state index in [1.54, 1.807) is 0 Å². The first-order valence-electron chi connectivity index (χ1n) is 11.1. The Hall–Kier alpha value is -5.53. The van der Waals surface area contributed by atoms with Crippen LogP contribution in [0.3, 0.4) is 0 Å². The second kappa shape index (κ2) is 9.74. The van der Waals surface area contributed by atoms with Gasteiger partial charge >= 0.3 is 11.9 Å². The Morgan fingerprint density at radius 1 is 0.949 bits per heavy atom. The second-order valence-electron chi connectivity index (χ2n) is 8.61. The van der Waals surface area contributed by atoms with E-state index >= 15 is 0 Å². The highest BCUT2D eigenvalue weighted by molar-refractivity contribution is 6.10. The van der Waals surface area contributed by atoms with E-state index in [2.05, 4.69) is 0 Å². The molecule has 14 heteroatoms. The molecule has 202 valence electrons. The van der Waals surface area contributed by atoms with Crippen LogP contribution in [-0.2, 0) is 16.6 Å². The lowest BCUT2D eigenvalue weighted by Crippen LogP contribution is -2.41. The lowest BCUT2D eigenvalue weighted by Gasteiger charge is -2.16. The van der Waals surface area contributed by atoms with Gasteiger partial charge in [0.05, 0.1) is 33.0 Å². The standard InChI is InChI=1S/C25H20N2O12/c1-27-7-10(21(33)9-4-14(28)15(29)5-13(9)27)11-8-39-17-6-16(30)23(35)20(19(17)22(11)34)24(36)26-12(25(37)38)2-3-18(31)32/h4-8,12,28-30,35H,2-3H2,1H3,(H,26,36)(H,31,32)(H,37,38). The summed E-state index contributed by atoms with van der Waals surface area (Å²) in [5.41, 5.74) is -3.41. The molecule has 39 heavy (non-hydrogen) atoms. The Bertz CT molecular complexity index is 1820. The number of carbonyl (C=O) groups excluding carboxylic acids is 1. The molecule has 0 aliphatic carbocycles. The highest BCUT2D eigenvalue weighted by Crippen LogP contribution is 2.36. The number of phenols is 4. The van der Waals surface area contributed by atoms with E-state index in [9.17, 15) is 49.5 Å². The molecule has 0 aliphatic heterocycles. The van der Waals surface area contributed by atoms with Gasteiger partial charge in [-0.25, -0.2) is 4.79 Å². The summed E-state index contributed by atoms with van der Waals surface area (Å²) in [6, 6.07) is 1.26. The van der Waals surface area contributed by atoms with Crippen molar-refractivity contribution in [1.29, 1.82) is 0 Å². The quantitative estimate of drug-likeness (QED) is 0.164. The number of aliphatic carboxylic acids is 2. The molecule has 4 rings (SSSR count). The number of hydrogen-bond acceptors (Lipinski definition) is 10. The number of nitrogens with one attached hydrogen (secondary N) is 1. The SMILES string of the molecule is Cn1cc(-c2coc3cc(O)c(O)c(C(=O)NC(CCC(=O)O)C(=O)O)c3c2=O)c(=O)c2cc(O)c(O)cc21. The fraction of sp³-hybridized carbons (Fsp3) is 0.160. The normalized spacial score (nSPS) is 11.9. The van der Waals surface area contributed by atoms with Crippen LogP contribution in [0.25, 0.3) is 33.0 Å². The number of fused-ring (bicyclic) bond motifs is 2. The number of aryl methyl sites for hydroxylation is 1. The van der Waals surface area contributed by atoms with Crippen LogP contribution in [0.4, 0.5) is 0 Å². The molecule has 0 fully saturated rings. The lowest BCUT2D eigenvalue weighted by atomic mass is 10.00. The number of hydrogen-bond donors (Lipinski definition) is 7. The molecule has 1 unspecified atom stereocenters. The fourth-order valence-electron chi connectivity index (χ4n) is 4.12. The average molecular weight is 540 g/mol. The number of nitrogens with zero attached hydrogens (tertiary/aromatic N) is 1. The topological polar surface area (TPSA) is 237 Å². The summed E-state index contributed by atoms with van der Waals surface area (Å²) < 4.78 is 6.79. The molecule has 2 heterocycles. The Kier molecular flexibility index (Phi) is 6.62. The van der Waals surface area contributed by atoms with Gasteiger partial charge in [-0.2, -0.15) is 0 Å². The predicted octanol–water partition coefficient (Wildman–Crippen LogP) is 1.18. The zero-order chi connectivity index (χ0) is 28.8. The molecule has 0 aliphatic rings. The number of carbonyl (C=O) groups is 3. The molecule has 0 spiro atoms. The van der Waals surface area contributed by atoms with Crippen LogP contribution in [0, 0.1) is 0 Å². The Labute approximate surface area is 216 Å². The van der Waals surface area contributed by atoms with Crippen molar-refractivity contribution in [2.75, 3.05) is 0 Å². The van der Waals surface area contributed by atoms with Gasteiger partial charge in [-0.15, -0.1) is 0 Å². The number of pyridine rings is 1. The van der Waals surface area contributed by atoms with Crippen molar-refractivity contribution in [2.45, 2.75) is 18.9 Å². The first-order valence-corrected chi connectivity index (χ1v) is 11.1. The van der Waals surface area contributed by atoms with Crippen LogP contribution in [-0.4, -0.2) is 59.1 Å². The van der Waals surface area contributed by atoms with Gasteiger partial charge in [-0.05, 0) is 12.5 Å². The monoisotopic (exact) mass is 540 g/mol. The molecule has 1 amide bonds. The summed E-state index contributed by atoms with van der Waals surface area (Å²) >= 11 is 0. The van der Waals surface area contributed by atoms with Crippen molar-refractivity contribution >= 4 is 39.7 Å². The minimum atomic E-state index is -1.72. The molecule has 1 atom stereocenters. The Morgan fingerprint density at radius 3 is 2.26 bits per heavy atom. The maximum Gasteiger partial charge on any atom is 0.326 e. The Balaban J connectivity index is 1.95. The zero-order valence-electron chi connectivity index (χ0n) is 20.0. The fourth-order valence-corrected chi connectivity index (χ4v) is 4.12. The van der Waals surface area contributed by atoms with Crippen LogP contribution in [0.1, 0.15) is 23.2 Å². The summed E-state index contributed by atoms with van der Waals surface area (Å²) in [5.74, 6) is -7.27. The summed E-state index contributed by atoms with van der Waals surface area (Å²) in [6.45, 7) is 0. The van der Waals surface area contributed by atoms with E-state index in [-0.39, 0.29) is 27.6 Å². The van der Waals surface area contributed by atoms with Crippen LogP contribution < -0.4 is 16.2 Å². The third kappa shape index (κ3) is 4.66. The van der Waals surface area contributed by atoms with Crippen LogP contribution >= 0.6 is 0 Å². The molecule has 2 aromatic heterocycles. The largest absolute Gasteiger partial charge is 0.504 e. The minimum absolute atomic E-state index is 0.0703.